The molecule has 8 nitrogen and oxygen atoms in total. The molecule has 166 valence electrons. The third-order valence-electron chi connectivity index (χ3n) is 5.58. The van der Waals surface area contributed by atoms with Crippen LogP contribution in [0, 0.1) is 5.92 Å². The molecule has 30 heavy (non-hydrogen) atoms. The van der Waals surface area contributed by atoms with Crippen LogP contribution in [0.15, 0.2) is 17.5 Å². The lowest BCUT2D eigenvalue weighted by Gasteiger charge is -2.32. The van der Waals surface area contributed by atoms with Crippen LogP contribution in [0.4, 0.5) is 0 Å². The first kappa shape index (κ1) is 22.7. The Labute approximate surface area is 182 Å². The van der Waals surface area contributed by atoms with E-state index < -0.39 is 6.04 Å². The van der Waals surface area contributed by atoms with Crippen molar-refractivity contribution in [2.45, 2.75) is 32.4 Å². The summed E-state index contributed by atoms with van der Waals surface area (Å²) in [5, 5.41) is 5.14. The molecule has 2 fully saturated rings. The van der Waals surface area contributed by atoms with Crippen LogP contribution in [-0.4, -0.2) is 97.5 Å². The Morgan fingerprint density at radius 2 is 2.03 bits per heavy atom. The van der Waals surface area contributed by atoms with Gasteiger partial charge in [-0.1, -0.05) is 19.9 Å². The van der Waals surface area contributed by atoms with Gasteiger partial charge < -0.3 is 24.8 Å². The minimum Gasteiger partial charge on any atom is -0.375 e. The van der Waals surface area contributed by atoms with Gasteiger partial charge in [0.05, 0.1) is 10.9 Å². The van der Waals surface area contributed by atoms with Gasteiger partial charge in [0.1, 0.15) is 12.6 Å². The van der Waals surface area contributed by atoms with Gasteiger partial charge in [-0.15, -0.1) is 11.3 Å². The van der Waals surface area contributed by atoms with E-state index in [1.807, 2.05) is 27.3 Å². The van der Waals surface area contributed by atoms with E-state index in [2.05, 4.69) is 19.2 Å². The number of likely N-dealkylation sites (tertiary alicyclic amines) is 1. The van der Waals surface area contributed by atoms with E-state index in [1.165, 1.54) is 18.4 Å². The maximum atomic E-state index is 13.3. The zero-order chi connectivity index (χ0) is 21.7. The molecule has 3 rings (SSSR count). The van der Waals surface area contributed by atoms with Gasteiger partial charge in [-0.05, 0) is 23.8 Å². The monoisotopic (exact) mass is 436 g/mol. The van der Waals surface area contributed by atoms with Crippen LogP contribution >= 0.6 is 11.3 Å². The molecule has 2 saturated heterocycles. The smallest absolute Gasteiger partial charge is 0.264 e. The van der Waals surface area contributed by atoms with Gasteiger partial charge in [0, 0.05) is 46.4 Å². The van der Waals surface area contributed by atoms with Crippen molar-refractivity contribution in [3.63, 3.8) is 0 Å². The Balaban J connectivity index is 1.83. The number of thiophene rings is 1. The van der Waals surface area contributed by atoms with Gasteiger partial charge in [0.15, 0.2) is 0 Å². The number of methoxy groups -OCH3 is 1. The van der Waals surface area contributed by atoms with E-state index >= 15 is 0 Å². The van der Waals surface area contributed by atoms with Gasteiger partial charge in [-0.2, -0.15) is 0 Å². The van der Waals surface area contributed by atoms with Crippen LogP contribution in [0.3, 0.4) is 0 Å². The summed E-state index contributed by atoms with van der Waals surface area (Å²) in [5.74, 6) is 0.0103. The average molecular weight is 437 g/mol. The van der Waals surface area contributed by atoms with E-state index in [4.69, 9.17) is 4.74 Å². The molecule has 9 heteroatoms. The van der Waals surface area contributed by atoms with Crippen LogP contribution in [-0.2, 0) is 14.3 Å². The summed E-state index contributed by atoms with van der Waals surface area (Å²) < 4.78 is 5.05. The fourth-order valence-electron chi connectivity index (χ4n) is 4.18. The number of nitrogens with one attached hydrogen (secondary N) is 1. The summed E-state index contributed by atoms with van der Waals surface area (Å²) in [4.78, 5) is 45.2. The first-order valence-corrected chi connectivity index (χ1v) is 11.4. The van der Waals surface area contributed by atoms with Crippen LogP contribution < -0.4 is 5.32 Å². The van der Waals surface area contributed by atoms with Gasteiger partial charge in [0.2, 0.25) is 11.8 Å². The first-order valence-electron chi connectivity index (χ1n) is 10.5. The predicted molar refractivity (Wildman–Crippen MR) is 115 cm³/mol. The number of rotatable bonds is 7. The molecule has 2 aliphatic rings. The Morgan fingerprint density at radius 1 is 1.30 bits per heavy atom. The molecule has 3 amide bonds. The predicted octanol–water partition coefficient (Wildman–Crippen LogP) is 0.894. The van der Waals surface area contributed by atoms with Gasteiger partial charge in [0.25, 0.3) is 5.91 Å². The normalized spacial score (nSPS) is 21.9. The topological polar surface area (TPSA) is 82.2 Å². The average Bonchev–Trinajstić information content (AvgIpc) is 3.42. The molecule has 0 aliphatic carbocycles. The van der Waals surface area contributed by atoms with Gasteiger partial charge >= 0.3 is 0 Å². The van der Waals surface area contributed by atoms with Crippen molar-refractivity contribution in [1.82, 2.24) is 20.0 Å². The molecule has 0 radical (unpaired) electrons. The Kier molecular flexibility index (Phi) is 7.85. The number of hydrogen-bond donors (Lipinski definition) is 1. The summed E-state index contributed by atoms with van der Waals surface area (Å²) in [6.07, 6.45) is 0.460. The highest BCUT2D eigenvalue weighted by atomic mass is 32.1. The molecule has 0 bridgehead atoms. The summed E-state index contributed by atoms with van der Waals surface area (Å²) in [6.45, 7) is 7.79. The lowest BCUT2D eigenvalue weighted by atomic mass is 10.1. The van der Waals surface area contributed by atoms with Gasteiger partial charge in [-0.3, -0.25) is 14.4 Å². The summed E-state index contributed by atoms with van der Waals surface area (Å²) in [6, 6.07) is 2.94. The zero-order valence-electron chi connectivity index (χ0n) is 18.0. The molecule has 2 atom stereocenters. The third-order valence-corrected chi connectivity index (χ3v) is 6.43. The van der Waals surface area contributed by atoms with E-state index in [9.17, 15) is 14.4 Å². The van der Waals surface area contributed by atoms with E-state index in [0.717, 1.165) is 13.1 Å². The van der Waals surface area contributed by atoms with Crippen molar-refractivity contribution in [1.29, 1.82) is 0 Å². The maximum Gasteiger partial charge on any atom is 0.264 e. The first-order chi connectivity index (χ1) is 14.4. The highest BCUT2D eigenvalue weighted by Gasteiger charge is 2.44. The number of carbonyl (C=O) groups is 3. The maximum absolute atomic E-state index is 13.3. The fourth-order valence-corrected chi connectivity index (χ4v) is 4.86. The Bertz CT molecular complexity index is 733. The molecule has 2 aliphatic heterocycles. The zero-order valence-corrected chi connectivity index (χ0v) is 18.8. The molecular formula is C21H32N4O4S. The second-order valence-electron chi connectivity index (χ2n) is 8.29. The molecular weight excluding hydrogens is 404 g/mol. The Morgan fingerprint density at radius 3 is 2.63 bits per heavy atom. The number of carbonyl (C=O) groups excluding carboxylic acids is 3. The summed E-state index contributed by atoms with van der Waals surface area (Å²) in [5.41, 5.74) is 0. The van der Waals surface area contributed by atoms with Crippen molar-refractivity contribution >= 4 is 29.1 Å². The van der Waals surface area contributed by atoms with Crippen molar-refractivity contribution in [2.24, 2.45) is 5.92 Å². The van der Waals surface area contributed by atoms with Crippen molar-refractivity contribution in [2.75, 3.05) is 53.0 Å². The van der Waals surface area contributed by atoms with E-state index in [1.54, 1.807) is 4.90 Å². The second kappa shape index (κ2) is 10.4. The van der Waals surface area contributed by atoms with Crippen molar-refractivity contribution in [3.05, 3.63) is 22.4 Å². The third kappa shape index (κ3) is 5.19. The van der Waals surface area contributed by atoms with Crippen LogP contribution in [0.1, 0.15) is 29.9 Å². The minimum absolute atomic E-state index is 0.0295. The molecule has 1 N–H and O–H groups in total. The highest BCUT2D eigenvalue weighted by molar-refractivity contribution is 7.12. The lowest BCUT2D eigenvalue weighted by Crippen LogP contribution is -2.53. The molecule has 1 aromatic heterocycles. The van der Waals surface area contributed by atoms with E-state index in [0.29, 0.717) is 37.5 Å². The molecule has 0 spiro atoms. The molecule has 2 unspecified atom stereocenters. The fraction of sp³-hybridized carbons (Fsp3) is 0.667. The number of nitrogens with zero attached hydrogens (tertiary/aromatic N) is 3. The number of piperazine rings is 1. The van der Waals surface area contributed by atoms with Crippen LogP contribution in [0.25, 0.3) is 0 Å². The van der Waals surface area contributed by atoms with Crippen molar-refractivity contribution in [3.8, 4) is 0 Å². The molecule has 0 saturated carbocycles. The Hall–Kier alpha value is -1.97. The van der Waals surface area contributed by atoms with Crippen LogP contribution in [0.5, 0.6) is 0 Å². The van der Waals surface area contributed by atoms with Gasteiger partial charge in [-0.25, -0.2) is 0 Å². The summed E-state index contributed by atoms with van der Waals surface area (Å²) >= 11 is 1.42. The SMILES string of the molecule is COCC(=O)N1CC(N(CC(C)C)C(=O)c2cccs2)CC1C(=O)N1CCNCC1. The number of ether oxygens (including phenoxy) is 1. The second-order valence-corrected chi connectivity index (χ2v) is 9.24. The van der Waals surface area contributed by atoms with Crippen molar-refractivity contribution < 1.29 is 19.1 Å². The highest BCUT2D eigenvalue weighted by Crippen LogP contribution is 2.27. The minimum atomic E-state index is -0.554. The lowest BCUT2D eigenvalue weighted by molar-refractivity contribution is -0.146. The molecule has 0 aromatic carbocycles. The van der Waals surface area contributed by atoms with E-state index in [-0.39, 0.29) is 36.3 Å². The molecule has 1 aromatic rings. The standard InChI is InChI=1S/C21H32N4O4S/c1-15(2)12-24(21(28)18-5-4-10-30-18)16-11-17(25(13-16)19(26)14-29-3)20(27)23-8-6-22-7-9-23/h4-5,10,15-17,22H,6-9,11-14H2,1-3H3. The van der Waals surface area contributed by atoms with Crippen LogP contribution in [0.2, 0.25) is 0 Å². The largest absolute Gasteiger partial charge is 0.375 e. The quantitative estimate of drug-likeness (QED) is 0.687. The molecule has 3 heterocycles. The number of hydrogen-bond acceptors (Lipinski definition) is 6. The summed E-state index contributed by atoms with van der Waals surface area (Å²) in [7, 11) is 1.48. The number of amides is 3.